The second-order valence-electron chi connectivity index (χ2n) is 6.84. The minimum absolute atomic E-state index is 0.113. The van der Waals surface area contributed by atoms with Gasteiger partial charge in [-0.1, -0.05) is 25.0 Å². The Kier molecular flexibility index (Phi) is 5.73. The molecule has 2 aliphatic heterocycles. The number of carbonyl (C=O) groups excluding carboxylic acids is 4. The van der Waals surface area contributed by atoms with E-state index in [0.29, 0.717) is 17.5 Å². The van der Waals surface area contributed by atoms with Crippen molar-refractivity contribution in [2.75, 3.05) is 6.73 Å². The maximum atomic E-state index is 12.2. The predicted octanol–water partition coefficient (Wildman–Crippen LogP) is 1.80. The topological polar surface area (TPSA) is 105 Å². The van der Waals surface area contributed by atoms with Gasteiger partial charge in [0, 0.05) is 12.5 Å². The highest BCUT2D eigenvalue weighted by atomic mass is 16.5. The van der Waals surface area contributed by atoms with Crippen LogP contribution in [0.4, 0.5) is 4.79 Å². The standard InChI is InChI=1S/C19H23N3O5/c1-12-15(21-19(26)20-12)9-3-2-4-10-16(23)27-11-22-17(24)13-7-5-6-8-14(13)18(22)25/h5-8,12,15H,2-4,9-11H2,1H3,(H2,20,21,26)/t12-,15+/m0/s1. The summed E-state index contributed by atoms with van der Waals surface area (Å²) in [5.41, 5.74) is 0.669. The minimum Gasteiger partial charge on any atom is -0.444 e. The highest BCUT2D eigenvalue weighted by Gasteiger charge is 2.35. The van der Waals surface area contributed by atoms with Crippen molar-refractivity contribution in [3.63, 3.8) is 0 Å². The summed E-state index contributed by atoms with van der Waals surface area (Å²) >= 11 is 0. The number of fused-ring (bicyclic) bond motifs is 1. The number of hydrogen-bond acceptors (Lipinski definition) is 5. The number of unbranched alkanes of at least 4 members (excludes halogenated alkanes) is 2. The van der Waals surface area contributed by atoms with Crippen molar-refractivity contribution >= 4 is 23.8 Å². The molecular formula is C19H23N3O5. The second-order valence-corrected chi connectivity index (χ2v) is 6.84. The molecule has 1 aromatic rings. The Balaban J connectivity index is 1.33. The molecule has 4 amide bonds. The number of amides is 4. The van der Waals surface area contributed by atoms with Crippen molar-refractivity contribution in [3.05, 3.63) is 35.4 Å². The molecule has 3 rings (SSSR count). The fourth-order valence-corrected chi connectivity index (χ4v) is 3.34. The molecule has 2 atom stereocenters. The zero-order chi connectivity index (χ0) is 19.4. The van der Waals surface area contributed by atoms with E-state index in [4.69, 9.17) is 4.74 Å². The zero-order valence-electron chi connectivity index (χ0n) is 15.2. The molecule has 0 unspecified atom stereocenters. The van der Waals surface area contributed by atoms with Gasteiger partial charge < -0.3 is 15.4 Å². The molecule has 1 saturated heterocycles. The largest absolute Gasteiger partial charge is 0.444 e. The van der Waals surface area contributed by atoms with Crippen LogP contribution in [0.25, 0.3) is 0 Å². The number of imide groups is 1. The lowest BCUT2D eigenvalue weighted by Crippen LogP contribution is -2.33. The van der Waals surface area contributed by atoms with Gasteiger partial charge in [0.1, 0.15) is 0 Å². The van der Waals surface area contributed by atoms with E-state index in [-0.39, 0.29) is 31.3 Å². The van der Waals surface area contributed by atoms with Crippen LogP contribution in [0.2, 0.25) is 0 Å². The Morgan fingerprint density at radius 2 is 1.70 bits per heavy atom. The van der Waals surface area contributed by atoms with Crippen LogP contribution in [0.1, 0.15) is 59.7 Å². The highest BCUT2D eigenvalue weighted by molar-refractivity contribution is 6.21. The Bertz CT molecular complexity index is 728. The molecule has 144 valence electrons. The lowest BCUT2D eigenvalue weighted by Gasteiger charge is -2.14. The van der Waals surface area contributed by atoms with E-state index in [9.17, 15) is 19.2 Å². The van der Waals surface area contributed by atoms with E-state index in [2.05, 4.69) is 10.6 Å². The summed E-state index contributed by atoms with van der Waals surface area (Å²) in [4.78, 5) is 48.4. The molecule has 1 fully saturated rings. The number of nitrogens with zero attached hydrogens (tertiary/aromatic N) is 1. The molecule has 0 radical (unpaired) electrons. The summed E-state index contributed by atoms with van der Waals surface area (Å²) in [5, 5.41) is 5.66. The van der Waals surface area contributed by atoms with Gasteiger partial charge in [-0.25, -0.2) is 9.69 Å². The first-order chi connectivity index (χ1) is 13.0. The van der Waals surface area contributed by atoms with Crippen LogP contribution in [0.3, 0.4) is 0 Å². The third-order valence-electron chi connectivity index (χ3n) is 4.91. The van der Waals surface area contributed by atoms with Crippen molar-refractivity contribution in [1.29, 1.82) is 0 Å². The first-order valence-corrected chi connectivity index (χ1v) is 9.15. The van der Waals surface area contributed by atoms with Crippen LogP contribution in [0, 0.1) is 0 Å². The monoisotopic (exact) mass is 373 g/mol. The van der Waals surface area contributed by atoms with Crippen LogP contribution in [-0.2, 0) is 9.53 Å². The van der Waals surface area contributed by atoms with E-state index in [1.165, 1.54) is 0 Å². The average Bonchev–Trinajstić information content (AvgIpc) is 3.09. The Morgan fingerprint density at radius 3 is 2.30 bits per heavy atom. The van der Waals surface area contributed by atoms with Gasteiger partial charge in [-0.3, -0.25) is 14.4 Å². The van der Waals surface area contributed by atoms with E-state index in [1.54, 1.807) is 24.3 Å². The van der Waals surface area contributed by atoms with Gasteiger partial charge in [-0.2, -0.15) is 0 Å². The molecule has 0 spiro atoms. The summed E-state index contributed by atoms with van der Waals surface area (Å²) in [6.45, 7) is 1.60. The third-order valence-corrected chi connectivity index (χ3v) is 4.91. The van der Waals surface area contributed by atoms with Gasteiger partial charge in [-0.05, 0) is 31.9 Å². The molecule has 8 heteroatoms. The number of nitrogens with one attached hydrogen (secondary N) is 2. The molecule has 27 heavy (non-hydrogen) atoms. The van der Waals surface area contributed by atoms with E-state index >= 15 is 0 Å². The highest BCUT2D eigenvalue weighted by Crippen LogP contribution is 2.22. The Hall–Kier alpha value is -2.90. The number of hydrogen-bond donors (Lipinski definition) is 2. The van der Waals surface area contributed by atoms with Crippen LogP contribution in [0.5, 0.6) is 0 Å². The molecule has 1 aromatic carbocycles. The molecule has 2 heterocycles. The van der Waals surface area contributed by atoms with Gasteiger partial charge >= 0.3 is 12.0 Å². The summed E-state index contributed by atoms with van der Waals surface area (Å²) in [7, 11) is 0. The van der Waals surface area contributed by atoms with Gasteiger partial charge in [0.2, 0.25) is 0 Å². The normalized spacial score (nSPS) is 21.1. The van der Waals surface area contributed by atoms with Crippen LogP contribution >= 0.6 is 0 Å². The first-order valence-electron chi connectivity index (χ1n) is 9.15. The number of ether oxygens (including phenoxy) is 1. The van der Waals surface area contributed by atoms with E-state index < -0.39 is 17.8 Å². The molecule has 0 saturated carbocycles. The fraction of sp³-hybridized carbons (Fsp3) is 0.474. The number of carbonyl (C=O) groups is 4. The van der Waals surface area contributed by atoms with Gasteiger partial charge in [0.15, 0.2) is 6.73 Å². The van der Waals surface area contributed by atoms with Crippen molar-refractivity contribution in [2.45, 2.75) is 51.1 Å². The molecule has 2 aliphatic rings. The lowest BCUT2D eigenvalue weighted by atomic mass is 10.0. The maximum absolute atomic E-state index is 12.2. The van der Waals surface area contributed by atoms with Gasteiger partial charge in [0.25, 0.3) is 11.8 Å². The Labute approximate surface area is 157 Å². The van der Waals surface area contributed by atoms with Gasteiger partial charge in [0.05, 0.1) is 17.2 Å². The zero-order valence-corrected chi connectivity index (χ0v) is 15.2. The van der Waals surface area contributed by atoms with Crippen molar-refractivity contribution in [2.24, 2.45) is 0 Å². The third kappa shape index (κ3) is 4.27. The number of urea groups is 1. The summed E-state index contributed by atoms with van der Waals surface area (Å²) in [6, 6.07) is 6.64. The molecule has 2 N–H and O–H groups in total. The predicted molar refractivity (Wildman–Crippen MR) is 95.9 cm³/mol. The molecule has 0 aliphatic carbocycles. The van der Waals surface area contributed by atoms with E-state index in [1.807, 2.05) is 6.92 Å². The van der Waals surface area contributed by atoms with Gasteiger partial charge in [-0.15, -0.1) is 0 Å². The molecular weight excluding hydrogens is 350 g/mol. The second kappa shape index (κ2) is 8.20. The van der Waals surface area contributed by atoms with Crippen molar-refractivity contribution in [3.8, 4) is 0 Å². The van der Waals surface area contributed by atoms with Crippen molar-refractivity contribution in [1.82, 2.24) is 15.5 Å². The minimum atomic E-state index is -0.440. The molecule has 0 aromatic heterocycles. The lowest BCUT2D eigenvalue weighted by molar-refractivity contribution is -0.146. The smallest absolute Gasteiger partial charge is 0.315 e. The molecule has 8 nitrogen and oxygen atoms in total. The number of rotatable bonds is 8. The SMILES string of the molecule is C[C@@H]1NC(=O)N[C@@H]1CCCCCC(=O)OCN1C(=O)c2ccccc2C1=O. The van der Waals surface area contributed by atoms with Crippen LogP contribution in [-0.4, -0.2) is 47.5 Å². The molecule has 0 bridgehead atoms. The first kappa shape index (κ1) is 18.9. The van der Waals surface area contributed by atoms with Crippen molar-refractivity contribution < 1.29 is 23.9 Å². The fourth-order valence-electron chi connectivity index (χ4n) is 3.34. The number of esters is 1. The van der Waals surface area contributed by atoms with E-state index in [0.717, 1.165) is 24.2 Å². The maximum Gasteiger partial charge on any atom is 0.315 e. The van der Waals surface area contributed by atoms with Crippen LogP contribution in [0.15, 0.2) is 24.3 Å². The summed E-state index contributed by atoms with van der Waals surface area (Å²) < 4.78 is 5.09. The quantitative estimate of drug-likeness (QED) is 0.411. The number of benzene rings is 1. The van der Waals surface area contributed by atoms with Crippen LogP contribution < -0.4 is 10.6 Å². The summed E-state index contributed by atoms with van der Waals surface area (Å²) in [6.07, 6.45) is 3.46. The average molecular weight is 373 g/mol. The Morgan fingerprint density at radius 1 is 1.04 bits per heavy atom. The summed E-state index contributed by atoms with van der Waals surface area (Å²) in [5.74, 6) is -1.31.